The zero-order valence-corrected chi connectivity index (χ0v) is 14.6. The summed E-state index contributed by atoms with van der Waals surface area (Å²) >= 11 is 6.13. The van der Waals surface area contributed by atoms with Crippen LogP contribution in [0.4, 0.5) is 0 Å². The van der Waals surface area contributed by atoms with Gasteiger partial charge in [0, 0.05) is 24.7 Å². The second-order valence-corrected chi connectivity index (χ2v) is 6.55. The van der Waals surface area contributed by atoms with Crippen LogP contribution < -0.4 is 4.74 Å². The Morgan fingerprint density at radius 1 is 1.41 bits per heavy atom. The largest absolute Gasteiger partial charge is 0.495 e. The number of carbonyl (C=O) groups excluding carboxylic acids is 1. The molecule has 0 bridgehead atoms. The Labute approximate surface area is 138 Å². The van der Waals surface area contributed by atoms with E-state index < -0.39 is 0 Å². The van der Waals surface area contributed by atoms with E-state index in [2.05, 4.69) is 25.9 Å². The molecule has 1 amide bonds. The molecule has 2 atom stereocenters. The maximum Gasteiger partial charge on any atom is 0.253 e. The SMILES string of the molecule is CCC[C@@H]1CN(C(=O)c2ccc(OC)c(Cl)c2)C[C@H]1N(C)C. The highest BCUT2D eigenvalue weighted by atomic mass is 35.5. The zero-order valence-electron chi connectivity index (χ0n) is 13.8. The minimum atomic E-state index is 0.0509. The topological polar surface area (TPSA) is 32.8 Å². The number of halogens is 1. The molecule has 0 saturated carbocycles. The maximum absolute atomic E-state index is 12.7. The van der Waals surface area contributed by atoms with Crippen molar-refractivity contribution in [1.82, 2.24) is 9.80 Å². The van der Waals surface area contributed by atoms with Gasteiger partial charge in [0.15, 0.2) is 0 Å². The quantitative estimate of drug-likeness (QED) is 0.834. The number of likely N-dealkylation sites (N-methyl/N-ethyl adjacent to an activating group) is 1. The molecule has 4 nitrogen and oxygen atoms in total. The van der Waals surface area contributed by atoms with Gasteiger partial charge in [-0.25, -0.2) is 0 Å². The van der Waals surface area contributed by atoms with E-state index in [1.54, 1.807) is 25.3 Å². The highest BCUT2D eigenvalue weighted by Crippen LogP contribution is 2.29. The number of ether oxygens (including phenoxy) is 1. The Kier molecular flexibility index (Phi) is 5.70. The molecular formula is C17H25ClN2O2. The van der Waals surface area contributed by atoms with Gasteiger partial charge in [-0.1, -0.05) is 24.9 Å². The summed E-state index contributed by atoms with van der Waals surface area (Å²) in [4.78, 5) is 16.9. The molecule has 1 aromatic carbocycles. The van der Waals surface area contributed by atoms with Crippen molar-refractivity contribution in [2.75, 3.05) is 34.3 Å². The van der Waals surface area contributed by atoms with Crippen LogP contribution in [-0.2, 0) is 0 Å². The van der Waals surface area contributed by atoms with E-state index in [0.717, 1.165) is 25.9 Å². The van der Waals surface area contributed by atoms with Crippen molar-refractivity contribution in [3.05, 3.63) is 28.8 Å². The van der Waals surface area contributed by atoms with Crippen LogP contribution >= 0.6 is 11.6 Å². The number of rotatable bonds is 5. The Morgan fingerprint density at radius 2 is 2.14 bits per heavy atom. The number of methoxy groups -OCH3 is 1. The van der Waals surface area contributed by atoms with E-state index in [0.29, 0.717) is 28.3 Å². The lowest BCUT2D eigenvalue weighted by molar-refractivity contribution is 0.0781. The van der Waals surface area contributed by atoms with Gasteiger partial charge in [-0.2, -0.15) is 0 Å². The summed E-state index contributed by atoms with van der Waals surface area (Å²) in [5, 5.41) is 0.474. The van der Waals surface area contributed by atoms with Crippen molar-refractivity contribution in [2.45, 2.75) is 25.8 Å². The Balaban J connectivity index is 2.14. The highest BCUT2D eigenvalue weighted by molar-refractivity contribution is 6.32. The van der Waals surface area contributed by atoms with Crippen LogP contribution in [0.3, 0.4) is 0 Å². The van der Waals surface area contributed by atoms with Crippen LogP contribution in [0.1, 0.15) is 30.1 Å². The van der Waals surface area contributed by atoms with Gasteiger partial charge in [0.05, 0.1) is 12.1 Å². The smallest absolute Gasteiger partial charge is 0.253 e. The Hall–Kier alpha value is -1.26. The van der Waals surface area contributed by atoms with Crippen molar-refractivity contribution >= 4 is 17.5 Å². The van der Waals surface area contributed by atoms with Gasteiger partial charge in [0.25, 0.3) is 5.91 Å². The van der Waals surface area contributed by atoms with Crippen LogP contribution in [0.25, 0.3) is 0 Å². The number of hydrogen-bond acceptors (Lipinski definition) is 3. The summed E-state index contributed by atoms with van der Waals surface area (Å²) in [6.45, 7) is 3.79. The van der Waals surface area contributed by atoms with Gasteiger partial charge >= 0.3 is 0 Å². The van der Waals surface area contributed by atoms with Crippen LogP contribution in [0.2, 0.25) is 5.02 Å². The molecule has 1 aliphatic heterocycles. The summed E-state index contributed by atoms with van der Waals surface area (Å²) in [6, 6.07) is 5.65. The summed E-state index contributed by atoms with van der Waals surface area (Å²) in [6.07, 6.45) is 2.29. The molecule has 1 saturated heterocycles. The number of likely N-dealkylation sites (tertiary alicyclic amines) is 1. The summed E-state index contributed by atoms with van der Waals surface area (Å²) in [5.41, 5.74) is 0.625. The first-order chi connectivity index (χ1) is 10.5. The molecule has 22 heavy (non-hydrogen) atoms. The molecule has 1 aromatic rings. The van der Waals surface area contributed by atoms with Crippen LogP contribution in [0.5, 0.6) is 5.75 Å². The Bertz CT molecular complexity index is 533. The van der Waals surface area contributed by atoms with E-state index in [-0.39, 0.29) is 5.91 Å². The molecule has 122 valence electrons. The third-order valence-corrected chi connectivity index (χ3v) is 4.71. The van der Waals surface area contributed by atoms with Gasteiger partial charge in [0.1, 0.15) is 5.75 Å². The van der Waals surface area contributed by atoms with Crippen LogP contribution in [0, 0.1) is 5.92 Å². The summed E-state index contributed by atoms with van der Waals surface area (Å²) in [7, 11) is 5.75. The van der Waals surface area contributed by atoms with Crippen molar-refractivity contribution in [1.29, 1.82) is 0 Å². The molecular weight excluding hydrogens is 300 g/mol. The first-order valence-electron chi connectivity index (χ1n) is 7.77. The fourth-order valence-electron chi connectivity index (χ4n) is 3.24. The average Bonchev–Trinajstić information content (AvgIpc) is 2.91. The third-order valence-electron chi connectivity index (χ3n) is 4.42. The monoisotopic (exact) mass is 324 g/mol. The highest BCUT2D eigenvalue weighted by Gasteiger charge is 2.36. The minimum Gasteiger partial charge on any atom is -0.495 e. The minimum absolute atomic E-state index is 0.0509. The maximum atomic E-state index is 12.7. The molecule has 1 aliphatic rings. The second kappa shape index (κ2) is 7.34. The average molecular weight is 325 g/mol. The van der Waals surface area contributed by atoms with Gasteiger partial charge in [0.2, 0.25) is 0 Å². The van der Waals surface area contributed by atoms with Crippen molar-refractivity contribution in [3.63, 3.8) is 0 Å². The van der Waals surface area contributed by atoms with Gasteiger partial charge < -0.3 is 14.5 Å². The van der Waals surface area contributed by atoms with E-state index in [1.165, 1.54) is 0 Å². The zero-order chi connectivity index (χ0) is 16.3. The van der Waals surface area contributed by atoms with Crippen molar-refractivity contribution in [2.24, 2.45) is 5.92 Å². The fraction of sp³-hybridized carbons (Fsp3) is 0.588. The molecule has 0 N–H and O–H groups in total. The molecule has 5 heteroatoms. The number of amides is 1. The summed E-state index contributed by atoms with van der Waals surface area (Å²) in [5.74, 6) is 1.18. The normalized spacial score (nSPS) is 21.5. The molecule has 0 unspecified atom stereocenters. The molecule has 0 aliphatic carbocycles. The lowest BCUT2D eigenvalue weighted by atomic mass is 9.98. The summed E-state index contributed by atoms with van der Waals surface area (Å²) < 4.78 is 5.14. The standard InChI is InChI=1S/C17H25ClN2O2/c1-5-6-13-10-20(11-15(13)19(2)3)17(21)12-7-8-16(22-4)14(18)9-12/h7-9,13,15H,5-6,10-11H2,1-4H3/t13-,15-/m1/s1. The molecule has 0 spiro atoms. The predicted molar refractivity (Wildman–Crippen MR) is 89.8 cm³/mol. The van der Waals surface area contributed by atoms with Gasteiger partial charge in [-0.3, -0.25) is 4.79 Å². The number of nitrogens with zero attached hydrogens (tertiary/aromatic N) is 2. The third kappa shape index (κ3) is 3.55. The second-order valence-electron chi connectivity index (χ2n) is 6.14. The first kappa shape index (κ1) is 17.1. The predicted octanol–water partition coefficient (Wildman–Crippen LogP) is 3.15. The van der Waals surface area contributed by atoms with E-state index >= 15 is 0 Å². The van der Waals surface area contributed by atoms with Gasteiger partial charge in [-0.15, -0.1) is 0 Å². The van der Waals surface area contributed by atoms with E-state index in [1.807, 2.05) is 4.90 Å². The molecule has 0 aromatic heterocycles. The lowest BCUT2D eigenvalue weighted by Gasteiger charge is -2.24. The first-order valence-corrected chi connectivity index (χ1v) is 8.15. The molecule has 1 fully saturated rings. The lowest BCUT2D eigenvalue weighted by Crippen LogP contribution is -2.36. The molecule has 2 rings (SSSR count). The van der Waals surface area contributed by atoms with Crippen molar-refractivity contribution < 1.29 is 9.53 Å². The number of hydrogen-bond donors (Lipinski definition) is 0. The van der Waals surface area contributed by atoms with Crippen molar-refractivity contribution in [3.8, 4) is 5.75 Å². The number of benzene rings is 1. The van der Waals surface area contributed by atoms with Crippen LogP contribution in [-0.4, -0.2) is 56.0 Å². The Morgan fingerprint density at radius 3 is 2.68 bits per heavy atom. The fourth-order valence-corrected chi connectivity index (χ4v) is 3.50. The van der Waals surface area contributed by atoms with E-state index in [4.69, 9.17) is 16.3 Å². The van der Waals surface area contributed by atoms with Crippen LogP contribution in [0.15, 0.2) is 18.2 Å². The van der Waals surface area contributed by atoms with Gasteiger partial charge in [-0.05, 0) is 44.6 Å². The number of carbonyl (C=O) groups is 1. The molecule has 0 radical (unpaired) electrons. The molecule has 1 heterocycles. The van der Waals surface area contributed by atoms with E-state index in [9.17, 15) is 4.79 Å².